The number of benzene rings is 1. The van der Waals surface area contributed by atoms with E-state index in [2.05, 4.69) is 41.6 Å². The molecule has 1 fully saturated rings. The van der Waals surface area contributed by atoms with Gasteiger partial charge in [0.05, 0.1) is 12.3 Å². The van der Waals surface area contributed by atoms with Crippen molar-refractivity contribution in [1.29, 1.82) is 0 Å². The highest BCUT2D eigenvalue weighted by Gasteiger charge is 2.34. The summed E-state index contributed by atoms with van der Waals surface area (Å²) in [4.78, 5) is 14.6. The number of urea groups is 1. The van der Waals surface area contributed by atoms with Crippen molar-refractivity contribution in [3.05, 3.63) is 47.7 Å². The van der Waals surface area contributed by atoms with Crippen LogP contribution in [0.15, 0.2) is 36.4 Å². The highest BCUT2D eigenvalue weighted by molar-refractivity contribution is 5.89. The molecule has 2 atom stereocenters. The minimum Gasteiger partial charge on any atom is -0.384 e. The van der Waals surface area contributed by atoms with E-state index in [4.69, 9.17) is 4.74 Å². The van der Waals surface area contributed by atoms with Gasteiger partial charge in [-0.15, -0.1) is 0 Å². The van der Waals surface area contributed by atoms with Gasteiger partial charge in [-0.3, -0.25) is 10.00 Å². The fraction of sp³-hybridized carbons (Fsp3) is 0.474. The number of methoxy groups -OCH3 is 1. The lowest BCUT2D eigenvalue weighted by Crippen LogP contribution is -2.38. The summed E-state index contributed by atoms with van der Waals surface area (Å²) in [5.74, 6) is 1.10. The predicted molar refractivity (Wildman–Crippen MR) is 97.8 cm³/mol. The third-order valence-corrected chi connectivity index (χ3v) is 4.97. The minimum atomic E-state index is -0.0628. The second-order valence-corrected chi connectivity index (χ2v) is 6.56. The molecule has 0 bridgehead atoms. The second kappa shape index (κ2) is 7.70. The average Bonchev–Trinajstić information content (AvgIpc) is 3.16. The fourth-order valence-corrected chi connectivity index (χ4v) is 3.53. The SMILES string of the molecule is COCCc1cc(NC(=O)N2CC[C@H](c3ccccc3)[C@H]2C)n(C)n1. The van der Waals surface area contributed by atoms with Crippen molar-refractivity contribution in [1.82, 2.24) is 14.7 Å². The normalized spacial score (nSPS) is 20.0. The molecule has 6 heteroatoms. The molecule has 1 N–H and O–H groups in total. The Labute approximate surface area is 148 Å². The highest BCUT2D eigenvalue weighted by atomic mass is 16.5. The summed E-state index contributed by atoms with van der Waals surface area (Å²) in [5, 5.41) is 7.41. The summed E-state index contributed by atoms with van der Waals surface area (Å²) in [6.07, 6.45) is 1.72. The number of ether oxygens (including phenoxy) is 1. The molecule has 3 rings (SSSR count). The quantitative estimate of drug-likeness (QED) is 0.909. The number of likely N-dealkylation sites (tertiary alicyclic amines) is 1. The van der Waals surface area contributed by atoms with Gasteiger partial charge < -0.3 is 9.64 Å². The number of hydrogen-bond donors (Lipinski definition) is 1. The summed E-state index contributed by atoms with van der Waals surface area (Å²) < 4.78 is 6.79. The Morgan fingerprint density at radius 1 is 1.36 bits per heavy atom. The van der Waals surface area contributed by atoms with E-state index in [1.807, 2.05) is 24.1 Å². The zero-order valence-corrected chi connectivity index (χ0v) is 15.1. The number of nitrogens with zero attached hydrogens (tertiary/aromatic N) is 3. The van der Waals surface area contributed by atoms with Crippen LogP contribution in [0.4, 0.5) is 10.6 Å². The Morgan fingerprint density at radius 3 is 2.84 bits per heavy atom. The van der Waals surface area contributed by atoms with Gasteiger partial charge in [0.1, 0.15) is 5.82 Å². The second-order valence-electron chi connectivity index (χ2n) is 6.56. The van der Waals surface area contributed by atoms with Crippen LogP contribution in [0.1, 0.15) is 30.5 Å². The molecule has 1 aliphatic rings. The van der Waals surface area contributed by atoms with Crippen LogP contribution in [0.5, 0.6) is 0 Å². The predicted octanol–water partition coefficient (Wildman–Crippen LogP) is 3.02. The first-order chi connectivity index (χ1) is 12.1. The topological polar surface area (TPSA) is 59.4 Å². The van der Waals surface area contributed by atoms with Crippen molar-refractivity contribution in [3.63, 3.8) is 0 Å². The van der Waals surface area contributed by atoms with Crippen LogP contribution in [0, 0.1) is 0 Å². The molecule has 6 nitrogen and oxygen atoms in total. The van der Waals surface area contributed by atoms with Crippen molar-refractivity contribution in [2.75, 3.05) is 25.6 Å². The summed E-state index contributed by atoms with van der Waals surface area (Å²) in [5.41, 5.74) is 2.21. The van der Waals surface area contributed by atoms with Crippen molar-refractivity contribution >= 4 is 11.8 Å². The Kier molecular flexibility index (Phi) is 5.38. The summed E-state index contributed by atoms with van der Waals surface area (Å²) >= 11 is 0. The van der Waals surface area contributed by atoms with Crippen LogP contribution in [-0.2, 0) is 18.2 Å². The molecule has 0 spiro atoms. The van der Waals surface area contributed by atoms with Crippen LogP contribution in [0.25, 0.3) is 0 Å². The third kappa shape index (κ3) is 3.85. The Morgan fingerprint density at radius 2 is 2.12 bits per heavy atom. The van der Waals surface area contributed by atoms with Crippen LogP contribution < -0.4 is 5.32 Å². The number of aromatic nitrogens is 2. The molecular formula is C19H26N4O2. The molecule has 2 aromatic rings. The van der Waals surface area contributed by atoms with Crippen molar-refractivity contribution in [2.45, 2.75) is 31.7 Å². The maximum absolute atomic E-state index is 12.7. The maximum atomic E-state index is 12.7. The monoisotopic (exact) mass is 342 g/mol. The van der Waals surface area contributed by atoms with Gasteiger partial charge in [-0.2, -0.15) is 5.10 Å². The third-order valence-electron chi connectivity index (χ3n) is 4.97. The fourth-order valence-electron chi connectivity index (χ4n) is 3.53. The van der Waals surface area contributed by atoms with E-state index >= 15 is 0 Å². The molecule has 1 saturated heterocycles. The van der Waals surface area contributed by atoms with Crippen molar-refractivity contribution in [3.8, 4) is 0 Å². The van der Waals surface area contributed by atoms with Gasteiger partial charge in [-0.05, 0) is 18.9 Å². The zero-order valence-electron chi connectivity index (χ0n) is 15.1. The Hall–Kier alpha value is -2.34. The summed E-state index contributed by atoms with van der Waals surface area (Å²) in [7, 11) is 3.51. The first-order valence-corrected chi connectivity index (χ1v) is 8.74. The number of hydrogen-bond acceptors (Lipinski definition) is 3. The van der Waals surface area contributed by atoms with Crippen LogP contribution in [-0.4, -0.2) is 47.0 Å². The van der Waals surface area contributed by atoms with Gasteiger partial charge in [0.25, 0.3) is 0 Å². The lowest BCUT2D eigenvalue weighted by Gasteiger charge is -2.25. The van der Waals surface area contributed by atoms with Crippen LogP contribution in [0.2, 0.25) is 0 Å². The Balaban J connectivity index is 1.65. The Bertz CT molecular complexity index is 713. The van der Waals surface area contributed by atoms with E-state index < -0.39 is 0 Å². The largest absolute Gasteiger partial charge is 0.384 e. The van der Waals surface area contributed by atoms with Gasteiger partial charge in [-0.25, -0.2) is 4.79 Å². The minimum absolute atomic E-state index is 0.0628. The number of carbonyl (C=O) groups excluding carboxylic acids is 1. The zero-order chi connectivity index (χ0) is 17.8. The molecule has 0 aliphatic carbocycles. The van der Waals surface area contributed by atoms with E-state index in [0.29, 0.717) is 18.3 Å². The van der Waals surface area contributed by atoms with Gasteiger partial charge >= 0.3 is 6.03 Å². The van der Waals surface area contributed by atoms with Gasteiger partial charge in [0.2, 0.25) is 0 Å². The lowest BCUT2D eigenvalue weighted by molar-refractivity contribution is 0.201. The first-order valence-electron chi connectivity index (χ1n) is 8.74. The number of anilines is 1. The molecule has 1 aromatic heterocycles. The molecule has 0 radical (unpaired) electrons. The van der Waals surface area contributed by atoms with Crippen molar-refractivity contribution in [2.24, 2.45) is 7.05 Å². The molecule has 0 unspecified atom stereocenters. The molecule has 2 heterocycles. The molecular weight excluding hydrogens is 316 g/mol. The van der Waals surface area contributed by atoms with Gasteiger partial charge in [0.15, 0.2) is 0 Å². The number of nitrogens with one attached hydrogen (secondary N) is 1. The summed E-state index contributed by atoms with van der Waals surface area (Å²) in [6, 6.07) is 12.4. The van der Waals surface area contributed by atoms with Crippen LogP contribution in [0.3, 0.4) is 0 Å². The smallest absolute Gasteiger partial charge is 0.323 e. The average molecular weight is 342 g/mol. The number of aryl methyl sites for hydroxylation is 1. The molecule has 0 saturated carbocycles. The van der Waals surface area contributed by atoms with Gasteiger partial charge in [-0.1, -0.05) is 30.3 Å². The molecule has 25 heavy (non-hydrogen) atoms. The van der Waals surface area contributed by atoms with E-state index in [1.165, 1.54) is 5.56 Å². The van der Waals surface area contributed by atoms with Crippen LogP contribution >= 0.6 is 0 Å². The van der Waals surface area contributed by atoms with E-state index in [1.54, 1.807) is 11.8 Å². The van der Waals surface area contributed by atoms with Crippen molar-refractivity contribution < 1.29 is 9.53 Å². The van der Waals surface area contributed by atoms with Gasteiger partial charge in [0, 0.05) is 45.1 Å². The number of amides is 2. The number of carbonyl (C=O) groups is 1. The molecule has 134 valence electrons. The lowest BCUT2D eigenvalue weighted by atomic mass is 9.93. The maximum Gasteiger partial charge on any atom is 0.323 e. The molecule has 1 aromatic carbocycles. The van der Waals surface area contributed by atoms with E-state index in [9.17, 15) is 4.79 Å². The number of rotatable bonds is 5. The van der Waals surface area contributed by atoms with E-state index in [0.717, 1.165) is 25.1 Å². The highest BCUT2D eigenvalue weighted by Crippen LogP contribution is 2.33. The summed E-state index contributed by atoms with van der Waals surface area (Å²) in [6.45, 7) is 3.50. The first kappa shape index (κ1) is 17.5. The standard InChI is InChI=1S/C19H26N4O2/c1-14-17(15-7-5-4-6-8-15)9-11-23(14)19(24)20-18-13-16(10-12-25-3)21-22(18)2/h4-8,13-14,17H,9-12H2,1-3H3,(H,20,24)/t14-,17+/m1/s1. The molecule has 2 amide bonds. The molecule has 1 aliphatic heterocycles. The van der Waals surface area contributed by atoms with E-state index in [-0.39, 0.29) is 12.1 Å².